The lowest BCUT2D eigenvalue weighted by atomic mass is 9.95. The van der Waals surface area contributed by atoms with Crippen LogP contribution in [0, 0.1) is 0 Å². The topological polar surface area (TPSA) is 127 Å². The summed E-state index contributed by atoms with van der Waals surface area (Å²) in [5, 5.41) is 5.13. The molecule has 0 aliphatic heterocycles. The molecule has 0 aliphatic rings. The number of hydrogen-bond donors (Lipinski definition) is 3. The normalized spacial score (nSPS) is 12.0. The van der Waals surface area contributed by atoms with Gasteiger partial charge in [-0.2, -0.15) is 0 Å². The first-order valence-electron chi connectivity index (χ1n) is 13.9. The molecule has 218 valence electrons. The van der Waals surface area contributed by atoms with Crippen molar-refractivity contribution in [1.82, 2.24) is 5.32 Å². The van der Waals surface area contributed by atoms with E-state index >= 15 is 0 Å². The van der Waals surface area contributed by atoms with Gasteiger partial charge in [-0.1, -0.05) is 61.5 Å². The summed E-state index contributed by atoms with van der Waals surface area (Å²) in [5.41, 5.74) is 14.1. The van der Waals surface area contributed by atoms with Gasteiger partial charge in [-0.3, -0.25) is 4.79 Å². The van der Waals surface area contributed by atoms with Crippen LogP contribution in [0.3, 0.4) is 0 Å². The summed E-state index contributed by atoms with van der Waals surface area (Å²) in [6.07, 6.45) is 0.790. The van der Waals surface area contributed by atoms with Crippen LogP contribution in [-0.4, -0.2) is 78.5 Å². The summed E-state index contributed by atoms with van der Waals surface area (Å²) >= 11 is 0. The lowest BCUT2D eigenvalue weighted by Gasteiger charge is -2.18. The molecule has 0 spiro atoms. The van der Waals surface area contributed by atoms with Gasteiger partial charge in [0.2, 0.25) is 5.91 Å². The van der Waals surface area contributed by atoms with Crippen molar-refractivity contribution in [2.45, 2.75) is 19.4 Å². The zero-order chi connectivity index (χ0) is 28.4. The van der Waals surface area contributed by atoms with Crippen LogP contribution in [0.25, 0.3) is 21.9 Å². The Bertz CT molecular complexity index is 1140. The van der Waals surface area contributed by atoms with Crippen molar-refractivity contribution in [2.24, 2.45) is 11.5 Å². The lowest BCUT2D eigenvalue weighted by molar-refractivity contribution is -0.120. The summed E-state index contributed by atoms with van der Waals surface area (Å²) < 4.78 is 27.9. The van der Waals surface area contributed by atoms with E-state index in [9.17, 15) is 4.79 Å². The van der Waals surface area contributed by atoms with E-state index in [2.05, 4.69) is 47.8 Å². The second-order valence-corrected chi connectivity index (χ2v) is 9.10. The van der Waals surface area contributed by atoms with E-state index in [0.717, 1.165) is 39.6 Å². The highest BCUT2D eigenvalue weighted by molar-refractivity contribution is 6.00. The zero-order valence-electron chi connectivity index (χ0n) is 23.4. The van der Waals surface area contributed by atoms with Crippen molar-refractivity contribution in [1.29, 1.82) is 0 Å². The lowest BCUT2D eigenvalue weighted by Crippen LogP contribution is -2.33. The van der Waals surface area contributed by atoms with Crippen LogP contribution in [0.5, 0.6) is 5.75 Å². The highest BCUT2D eigenvalue weighted by Gasteiger charge is 2.13. The van der Waals surface area contributed by atoms with Gasteiger partial charge in [-0.25, -0.2) is 0 Å². The van der Waals surface area contributed by atoms with E-state index in [1.165, 1.54) is 0 Å². The maximum atomic E-state index is 11.8. The summed E-state index contributed by atoms with van der Waals surface area (Å²) in [5.74, 6) is 0.664. The molecule has 0 bridgehead atoms. The number of benzene rings is 3. The van der Waals surface area contributed by atoms with Gasteiger partial charge in [0.1, 0.15) is 12.4 Å². The number of ether oxygens (including phenoxy) is 5. The minimum Gasteiger partial charge on any atom is -0.491 e. The molecule has 1 amide bonds. The van der Waals surface area contributed by atoms with Gasteiger partial charge >= 0.3 is 0 Å². The molecule has 40 heavy (non-hydrogen) atoms. The summed E-state index contributed by atoms with van der Waals surface area (Å²) in [6, 6.07) is 20.6. The van der Waals surface area contributed by atoms with Crippen molar-refractivity contribution < 1.29 is 28.5 Å². The number of hydrogen-bond acceptors (Lipinski definition) is 8. The second-order valence-electron chi connectivity index (χ2n) is 9.10. The number of rotatable bonds is 20. The fourth-order valence-corrected chi connectivity index (χ4v) is 4.27. The molecular weight excluding hydrogens is 510 g/mol. The molecule has 1 atom stereocenters. The van der Waals surface area contributed by atoms with E-state index in [1.807, 2.05) is 25.1 Å². The van der Waals surface area contributed by atoms with Gasteiger partial charge in [0, 0.05) is 11.9 Å². The molecule has 5 N–H and O–H groups in total. The second kappa shape index (κ2) is 18.3. The van der Waals surface area contributed by atoms with Gasteiger partial charge < -0.3 is 40.5 Å². The smallest absolute Gasteiger partial charge is 0.234 e. The average Bonchev–Trinajstić information content (AvgIpc) is 3.00. The van der Waals surface area contributed by atoms with Crippen LogP contribution in [0.1, 0.15) is 24.9 Å². The molecule has 9 nitrogen and oxygen atoms in total. The Morgan fingerprint density at radius 3 is 1.88 bits per heavy atom. The van der Waals surface area contributed by atoms with Crippen molar-refractivity contribution in [3.05, 3.63) is 66.2 Å². The van der Waals surface area contributed by atoms with Crippen LogP contribution in [-0.2, 0) is 23.7 Å². The van der Waals surface area contributed by atoms with Crippen LogP contribution in [0.4, 0.5) is 0 Å². The average molecular weight is 554 g/mol. The first kappa shape index (κ1) is 31.5. The monoisotopic (exact) mass is 553 g/mol. The molecule has 0 aliphatic carbocycles. The summed E-state index contributed by atoms with van der Waals surface area (Å²) in [6.45, 7) is 7.12. The molecule has 0 saturated heterocycles. The van der Waals surface area contributed by atoms with Gasteiger partial charge in [-0.15, -0.1) is 0 Å². The Hall–Kier alpha value is -3.05. The van der Waals surface area contributed by atoms with Crippen LogP contribution in [0.15, 0.2) is 60.7 Å². The number of nitrogens with two attached hydrogens (primary N) is 2. The number of carbonyl (C=O) groups excluding carboxylic acids is 1. The van der Waals surface area contributed by atoms with E-state index in [1.54, 1.807) is 0 Å². The SMILES string of the molecule is CCC(NC(=O)CN)c1ccc(-c2ccc(OCCOCCOCCOCCOCCN)c3ccccc23)cc1. The van der Waals surface area contributed by atoms with Gasteiger partial charge in [0.05, 0.1) is 65.4 Å². The van der Waals surface area contributed by atoms with Crippen LogP contribution < -0.4 is 21.5 Å². The highest BCUT2D eigenvalue weighted by atomic mass is 16.6. The van der Waals surface area contributed by atoms with E-state index in [0.29, 0.717) is 66.0 Å². The van der Waals surface area contributed by atoms with Crippen molar-refractivity contribution in [3.63, 3.8) is 0 Å². The predicted molar refractivity (Wildman–Crippen MR) is 157 cm³/mol. The standard InChI is InChI=1S/C31H43N3O6/c1-2-29(34-31(35)23-33)25-9-7-24(8-10-25)26-11-12-30(28-6-4-3-5-27(26)28)40-22-21-39-20-19-38-18-17-37-16-15-36-14-13-32/h3-12,29H,2,13-23,32-33H2,1H3,(H,34,35). The third-order valence-corrected chi connectivity index (χ3v) is 6.30. The molecule has 1 unspecified atom stereocenters. The largest absolute Gasteiger partial charge is 0.491 e. The third kappa shape index (κ3) is 10.2. The Morgan fingerprint density at radius 1 is 0.725 bits per heavy atom. The zero-order valence-corrected chi connectivity index (χ0v) is 23.4. The van der Waals surface area contributed by atoms with Crippen molar-refractivity contribution in [3.8, 4) is 16.9 Å². The van der Waals surface area contributed by atoms with Gasteiger partial charge in [-0.05, 0) is 34.6 Å². The highest BCUT2D eigenvalue weighted by Crippen LogP contribution is 2.35. The van der Waals surface area contributed by atoms with Crippen LogP contribution >= 0.6 is 0 Å². The summed E-state index contributed by atoms with van der Waals surface area (Å²) in [7, 11) is 0. The number of nitrogens with one attached hydrogen (secondary N) is 1. The maximum Gasteiger partial charge on any atom is 0.234 e. The van der Waals surface area contributed by atoms with E-state index in [4.69, 9.17) is 35.2 Å². The van der Waals surface area contributed by atoms with Crippen LogP contribution in [0.2, 0.25) is 0 Å². The Morgan fingerprint density at radius 2 is 1.30 bits per heavy atom. The number of carbonyl (C=O) groups is 1. The molecule has 3 aromatic carbocycles. The summed E-state index contributed by atoms with van der Waals surface area (Å²) in [4.78, 5) is 11.8. The molecule has 3 rings (SSSR count). The molecular formula is C31H43N3O6. The molecule has 0 aromatic heterocycles. The van der Waals surface area contributed by atoms with Gasteiger partial charge in [0.25, 0.3) is 0 Å². The Balaban J connectivity index is 1.45. The van der Waals surface area contributed by atoms with Crippen molar-refractivity contribution >= 4 is 16.7 Å². The van der Waals surface area contributed by atoms with Crippen molar-refractivity contribution in [2.75, 3.05) is 72.6 Å². The van der Waals surface area contributed by atoms with E-state index in [-0.39, 0.29) is 18.5 Å². The molecule has 9 heteroatoms. The fourth-order valence-electron chi connectivity index (χ4n) is 4.27. The minimum absolute atomic E-state index is 0.0150. The number of fused-ring (bicyclic) bond motifs is 1. The molecule has 0 heterocycles. The molecule has 3 aromatic rings. The van der Waals surface area contributed by atoms with Gasteiger partial charge in [0.15, 0.2) is 0 Å². The third-order valence-electron chi connectivity index (χ3n) is 6.30. The number of amides is 1. The molecule has 0 saturated carbocycles. The first-order valence-corrected chi connectivity index (χ1v) is 13.9. The molecule has 0 fully saturated rings. The maximum absolute atomic E-state index is 11.8. The Labute approximate surface area is 237 Å². The van der Waals surface area contributed by atoms with E-state index < -0.39 is 0 Å². The minimum atomic E-state index is -0.154. The first-order chi connectivity index (χ1) is 19.7. The quantitative estimate of drug-likeness (QED) is 0.182. The predicted octanol–water partition coefficient (Wildman–Crippen LogP) is 3.44. The Kier molecular flexibility index (Phi) is 14.4. The fraction of sp³-hybridized carbons (Fsp3) is 0.452. The molecule has 0 radical (unpaired) electrons.